The van der Waals surface area contributed by atoms with E-state index in [0.29, 0.717) is 12.3 Å². The Labute approximate surface area is 139 Å². The zero-order chi connectivity index (χ0) is 19.0. The van der Waals surface area contributed by atoms with Crippen molar-refractivity contribution in [2.24, 2.45) is 22.4 Å². The molecule has 0 aliphatic rings. The summed E-state index contributed by atoms with van der Waals surface area (Å²) < 4.78 is 12.3. The maximum absolute atomic E-state index is 12.3. The third-order valence-corrected chi connectivity index (χ3v) is 2.67. The molecular formula is C17H30FN3O2. The predicted molar refractivity (Wildman–Crippen MR) is 95.1 cm³/mol. The van der Waals surface area contributed by atoms with Gasteiger partial charge < -0.3 is 16.3 Å². The normalized spacial score (nSPS) is 9.96. The zero-order valence-electron chi connectivity index (χ0n) is 14.8. The lowest BCUT2D eigenvalue weighted by Gasteiger charge is -2.08. The van der Waals surface area contributed by atoms with Crippen molar-refractivity contribution in [2.45, 2.75) is 40.2 Å². The monoisotopic (exact) mass is 327 g/mol. The van der Waals surface area contributed by atoms with Crippen molar-refractivity contribution in [1.82, 2.24) is 0 Å². The van der Waals surface area contributed by atoms with Crippen LogP contribution >= 0.6 is 0 Å². The summed E-state index contributed by atoms with van der Waals surface area (Å²) in [5.74, 6) is -0.0347. The van der Waals surface area contributed by atoms with Gasteiger partial charge in [0.2, 0.25) is 0 Å². The minimum absolute atomic E-state index is 0.155. The van der Waals surface area contributed by atoms with Crippen molar-refractivity contribution in [1.29, 1.82) is 0 Å². The molecule has 1 rings (SSSR count). The van der Waals surface area contributed by atoms with Gasteiger partial charge >= 0.3 is 0 Å². The molecule has 0 spiro atoms. The number of benzene rings is 1. The van der Waals surface area contributed by atoms with Crippen molar-refractivity contribution >= 4 is 19.4 Å². The summed E-state index contributed by atoms with van der Waals surface area (Å²) in [6.07, 6.45) is 0.678. The molecule has 4 N–H and O–H groups in total. The third kappa shape index (κ3) is 14.8. The Morgan fingerprint density at radius 1 is 1.22 bits per heavy atom. The first-order chi connectivity index (χ1) is 10.8. The van der Waals surface area contributed by atoms with Crippen LogP contribution in [0.25, 0.3) is 0 Å². The van der Waals surface area contributed by atoms with Crippen LogP contribution in [-0.2, 0) is 9.59 Å². The number of amides is 1. The molecule has 0 heterocycles. The van der Waals surface area contributed by atoms with Crippen LogP contribution in [-0.4, -0.2) is 32.5 Å². The third-order valence-electron chi connectivity index (χ3n) is 2.67. The molecule has 1 aromatic carbocycles. The van der Waals surface area contributed by atoms with Gasteiger partial charge in [0.25, 0.3) is 5.91 Å². The number of aryl methyl sites for hydroxylation is 2. The summed E-state index contributed by atoms with van der Waals surface area (Å²) in [5, 5.41) is 0. The molecule has 132 valence electrons. The molecule has 0 aliphatic heterocycles. The Bertz CT molecular complexity index is 451. The van der Waals surface area contributed by atoms with Gasteiger partial charge in [-0.3, -0.25) is 4.79 Å². The maximum Gasteiger partial charge on any atom is 0.261 e. The van der Waals surface area contributed by atoms with Gasteiger partial charge in [-0.2, -0.15) is 0 Å². The van der Waals surface area contributed by atoms with Gasteiger partial charge in [0.1, 0.15) is 12.6 Å². The summed E-state index contributed by atoms with van der Waals surface area (Å²) in [6, 6.07) is 4.33. The Balaban J connectivity index is -0.000000286. The van der Waals surface area contributed by atoms with E-state index in [0.717, 1.165) is 11.1 Å². The molecule has 0 saturated heterocycles. The second kappa shape index (κ2) is 16.5. The minimum atomic E-state index is -0.461. The smallest absolute Gasteiger partial charge is 0.261 e. The predicted octanol–water partition coefficient (Wildman–Crippen LogP) is 2.42. The molecule has 1 atom stereocenters. The number of aliphatic imine (C=N–C) groups is 1. The minimum Gasteiger partial charge on any atom is -0.333 e. The van der Waals surface area contributed by atoms with Gasteiger partial charge in [-0.15, -0.1) is 0 Å². The Morgan fingerprint density at radius 3 is 2.00 bits per heavy atom. The van der Waals surface area contributed by atoms with Crippen LogP contribution in [0, 0.1) is 25.6 Å². The van der Waals surface area contributed by atoms with Gasteiger partial charge in [0, 0.05) is 0 Å². The first-order valence-corrected chi connectivity index (χ1v) is 7.13. The van der Waals surface area contributed by atoms with Crippen LogP contribution < -0.4 is 11.5 Å². The van der Waals surface area contributed by atoms with Crippen LogP contribution in [0.2, 0.25) is 0 Å². The molecular weight excluding hydrogens is 297 g/mol. The van der Waals surface area contributed by atoms with E-state index in [1.54, 1.807) is 6.07 Å². The molecule has 0 aliphatic carbocycles. The van der Waals surface area contributed by atoms with E-state index in [9.17, 15) is 9.18 Å². The van der Waals surface area contributed by atoms with Crippen LogP contribution in [0.4, 0.5) is 4.39 Å². The molecule has 0 bridgehead atoms. The van der Waals surface area contributed by atoms with Gasteiger partial charge in [-0.1, -0.05) is 19.9 Å². The Kier molecular flexibility index (Phi) is 18.6. The molecule has 23 heavy (non-hydrogen) atoms. The standard InChI is InChI=1S/C8H9F.C7H14N2O.CH5N.CH2O/c1-6-3-4-8(9)5-7(6)2;1-5(2)4-6(8)7(10)9-3;2*1-2/h3-5H,1-2H3;5-6H,3-4,8H2,1-2H3;2H2,1H3;1H2. The fourth-order valence-corrected chi connectivity index (χ4v) is 1.43. The average molecular weight is 327 g/mol. The van der Waals surface area contributed by atoms with E-state index in [1.165, 1.54) is 19.2 Å². The SMILES string of the molecule is C=NC(=O)C(N)CC(C)C.C=O.CN.Cc1ccc(F)cc1C. The van der Waals surface area contributed by atoms with Crippen molar-refractivity contribution in [3.05, 3.63) is 35.1 Å². The quantitative estimate of drug-likeness (QED) is 0.833. The van der Waals surface area contributed by atoms with Gasteiger partial charge in [0.05, 0.1) is 6.04 Å². The highest BCUT2D eigenvalue weighted by molar-refractivity contribution is 5.85. The van der Waals surface area contributed by atoms with Crippen LogP contribution in [0.3, 0.4) is 0 Å². The zero-order valence-corrected chi connectivity index (χ0v) is 14.8. The van der Waals surface area contributed by atoms with E-state index in [-0.39, 0.29) is 11.7 Å². The lowest BCUT2D eigenvalue weighted by molar-refractivity contribution is -0.119. The average Bonchev–Trinajstić information content (AvgIpc) is 2.54. The molecule has 1 aromatic rings. The lowest BCUT2D eigenvalue weighted by atomic mass is 10.0. The highest BCUT2D eigenvalue weighted by atomic mass is 19.1. The second-order valence-corrected chi connectivity index (χ2v) is 4.96. The van der Waals surface area contributed by atoms with Gasteiger partial charge in [-0.05, 0) is 63.2 Å². The molecule has 1 amide bonds. The van der Waals surface area contributed by atoms with E-state index in [4.69, 9.17) is 10.5 Å². The maximum atomic E-state index is 12.3. The largest absolute Gasteiger partial charge is 0.333 e. The Morgan fingerprint density at radius 2 is 1.70 bits per heavy atom. The van der Waals surface area contributed by atoms with Crippen molar-refractivity contribution in [3.63, 3.8) is 0 Å². The van der Waals surface area contributed by atoms with Crippen molar-refractivity contribution in [3.8, 4) is 0 Å². The second-order valence-electron chi connectivity index (χ2n) is 4.96. The van der Waals surface area contributed by atoms with Crippen molar-refractivity contribution < 1.29 is 14.0 Å². The van der Waals surface area contributed by atoms with Crippen LogP contribution in [0.1, 0.15) is 31.4 Å². The first-order valence-electron chi connectivity index (χ1n) is 7.13. The summed E-state index contributed by atoms with van der Waals surface area (Å²) >= 11 is 0. The molecule has 5 nitrogen and oxygen atoms in total. The summed E-state index contributed by atoms with van der Waals surface area (Å²) in [5.41, 5.74) is 12.1. The lowest BCUT2D eigenvalue weighted by Crippen LogP contribution is -2.30. The molecule has 0 saturated carbocycles. The molecule has 0 fully saturated rings. The molecule has 6 heteroatoms. The highest BCUT2D eigenvalue weighted by Crippen LogP contribution is 2.07. The van der Waals surface area contributed by atoms with E-state index < -0.39 is 6.04 Å². The first kappa shape index (κ1) is 26.0. The number of hydrogen-bond donors (Lipinski definition) is 2. The number of carbonyl (C=O) groups excluding carboxylic acids is 2. The fraction of sp³-hybridized carbons (Fsp3) is 0.471. The number of hydrogen-bond acceptors (Lipinski definition) is 4. The van der Waals surface area contributed by atoms with Crippen LogP contribution in [0.5, 0.6) is 0 Å². The van der Waals surface area contributed by atoms with Crippen LogP contribution in [0.15, 0.2) is 23.2 Å². The number of carbonyl (C=O) groups is 2. The topological polar surface area (TPSA) is 98.5 Å². The summed E-state index contributed by atoms with van der Waals surface area (Å²) in [4.78, 5) is 21.9. The molecule has 1 unspecified atom stereocenters. The van der Waals surface area contributed by atoms with Crippen molar-refractivity contribution in [2.75, 3.05) is 7.05 Å². The number of rotatable bonds is 3. The summed E-state index contributed by atoms with van der Waals surface area (Å²) in [6.45, 7) is 13.0. The molecule has 0 radical (unpaired) electrons. The number of halogens is 1. The highest BCUT2D eigenvalue weighted by Gasteiger charge is 2.12. The van der Waals surface area contributed by atoms with E-state index in [2.05, 4.69) is 17.4 Å². The number of nitrogens with two attached hydrogens (primary N) is 2. The fourth-order valence-electron chi connectivity index (χ4n) is 1.43. The summed E-state index contributed by atoms with van der Waals surface area (Å²) in [7, 11) is 1.50. The van der Waals surface area contributed by atoms with E-state index >= 15 is 0 Å². The molecule has 0 aromatic heterocycles. The van der Waals surface area contributed by atoms with Gasteiger partial charge in [-0.25, -0.2) is 9.38 Å². The number of nitrogens with zero attached hydrogens (tertiary/aromatic N) is 1. The van der Waals surface area contributed by atoms with Gasteiger partial charge in [0.15, 0.2) is 0 Å². The Hall–Kier alpha value is -1.92. The van der Waals surface area contributed by atoms with E-state index in [1.807, 2.05) is 34.5 Å².